The number of benzene rings is 1. The minimum Gasteiger partial charge on any atom is -0.475 e. The van der Waals surface area contributed by atoms with Crippen LogP contribution in [-0.4, -0.2) is 24.2 Å². The maximum Gasteiger partial charge on any atom is 0.222 e. The zero-order valence-corrected chi connectivity index (χ0v) is 10.6. The lowest BCUT2D eigenvalue weighted by Crippen LogP contribution is -2.03. The SMILES string of the molecule is Cc1onc(-c2ccccc2Cl)c1C1=NCCO1. The van der Waals surface area contributed by atoms with Crippen LogP contribution >= 0.6 is 11.6 Å². The minimum atomic E-state index is 0.587. The van der Waals surface area contributed by atoms with E-state index in [1.807, 2.05) is 31.2 Å². The van der Waals surface area contributed by atoms with Crippen LogP contribution in [0.25, 0.3) is 11.3 Å². The molecule has 0 unspecified atom stereocenters. The quantitative estimate of drug-likeness (QED) is 0.836. The number of aliphatic imine (C=N–C) groups is 1. The molecule has 0 saturated heterocycles. The summed E-state index contributed by atoms with van der Waals surface area (Å²) in [6.45, 7) is 3.11. The van der Waals surface area contributed by atoms with Crippen LogP contribution in [0.3, 0.4) is 0 Å². The van der Waals surface area contributed by atoms with Crippen LogP contribution in [0.4, 0.5) is 0 Å². The molecule has 0 N–H and O–H groups in total. The van der Waals surface area contributed by atoms with Gasteiger partial charge in [-0.2, -0.15) is 0 Å². The molecule has 2 aromatic rings. The molecular weight excluding hydrogens is 252 g/mol. The van der Waals surface area contributed by atoms with E-state index in [2.05, 4.69) is 10.1 Å². The second kappa shape index (κ2) is 4.46. The molecule has 92 valence electrons. The fourth-order valence-electron chi connectivity index (χ4n) is 1.95. The lowest BCUT2D eigenvalue weighted by molar-refractivity contribution is 0.347. The lowest BCUT2D eigenvalue weighted by atomic mass is 10.1. The predicted molar refractivity (Wildman–Crippen MR) is 69.0 cm³/mol. The van der Waals surface area contributed by atoms with Gasteiger partial charge in [-0.25, -0.2) is 4.99 Å². The van der Waals surface area contributed by atoms with Crippen molar-refractivity contribution >= 4 is 17.5 Å². The van der Waals surface area contributed by atoms with Crippen LogP contribution in [-0.2, 0) is 4.74 Å². The van der Waals surface area contributed by atoms with E-state index in [9.17, 15) is 0 Å². The molecule has 0 saturated carbocycles. The molecule has 4 nitrogen and oxygen atoms in total. The van der Waals surface area contributed by atoms with Crippen molar-refractivity contribution in [2.75, 3.05) is 13.2 Å². The third-order valence-electron chi connectivity index (χ3n) is 2.79. The highest BCUT2D eigenvalue weighted by Crippen LogP contribution is 2.32. The van der Waals surface area contributed by atoms with E-state index in [-0.39, 0.29) is 0 Å². The molecule has 3 rings (SSSR count). The number of hydrogen-bond acceptors (Lipinski definition) is 4. The Hall–Kier alpha value is -1.81. The first kappa shape index (κ1) is 11.3. The summed E-state index contributed by atoms with van der Waals surface area (Å²) in [6, 6.07) is 7.51. The van der Waals surface area contributed by atoms with E-state index in [1.54, 1.807) is 0 Å². The normalized spacial score (nSPS) is 14.4. The van der Waals surface area contributed by atoms with Gasteiger partial charge in [-0.3, -0.25) is 0 Å². The Kier molecular flexibility index (Phi) is 2.80. The van der Waals surface area contributed by atoms with E-state index in [0.717, 1.165) is 11.1 Å². The highest BCUT2D eigenvalue weighted by Gasteiger charge is 2.24. The maximum absolute atomic E-state index is 6.18. The number of aryl methyl sites for hydroxylation is 1. The summed E-state index contributed by atoms with van der Waals surface area (Å²) in [5.74, 6) is 1.27. The molecular formula is C13H11ClN2O2. The van der Waals surface area contributed by atoms with Crippen LogP contribution in [0.1, 0.15) is 11.3 Å². The lowest BCUT2D eigenvalue weighted by Gasteiger charge is -2.04. The molecule has 18 heavy (non-hydrogen) atoms. The Bertz CT molecular complexity index is 619. The Morgan fingerprint density at radius 1 is 1.28 bits per heavy atom. The monoisotopic (exact) mass is 262 g/mol. The zero-order chi connectivity index (χ0) is 12.5. The minimum absolute atomic E-state index is 0.587. The van der Waals surface area contributed by atoms with Gasteiger partial charge in [-0.05, 0) is 13.0 Å². The average Bonchev–Trinajstić information content (AvgIpc) is 2.98. The number of ether oxygens (including phenoxy) is 1. The molecule has 0 atom stereocenters. The molecule has 2 heterocycles. The van der Waals surface area contributed by atoms with Gasteiger partial charge in [-0.15, -0.1) is 0 Å². The molecule has 1 aromatic heterocycles. The van der Waals surface area contributed by atoms with E-state index in [0.29, 0.717) is 35.5 Å². The van der Waals surface area contributed by atoms with Crippen molar-refractivity contribution in [3.63, 3.8) is 0 Å². The predicted octanol–water partition coefficient (Wildman–Crippen LogP) is 3.08. The number of rotatable bonds is 2. The van der Waals surface area contributed by atoms with Crippen molar-refractivity contribution in [3.05, 3.63) is 40.6 Å². The summed E-state index contributed by atoms with van der Waals surface area (Å²) < 4.78 is 10.7. The Morgan fingerprint density at radius 2 is 2.11 bits per heavy atom. The first-order chi connectivity index (χ1) is 8.77. The molecule has 0 aliphatic carbocycles. The van der Waals surface area contributed by atoms with Crippen LogP contribution in [0.15, 0.2) is 33.8 Å². The highest BCUT2D eigenvalue weighted by atomic mass is 35.5. The van der Waals surface area contributed by atoms with Gasteiger partial charge in [0.2, 0.25) is 5.90 Å². The van der Waals surface area contributed by atoms with E-state index < -0.39 is 0 Å². The Morgan fingerprint density at radius 3 is 2.83 bits per heavy atom. The van der Waals surface area contributed by atoms with Gasteiger partial charge in [0.25, 0.3) is 0 Å². The number of hydrogen-bond donors (Lipinski definition) is 0. The number of nitrogens with zero attached hydrogens (tertiary/aromatic N) is 2. The largest absolute Gasteiger partial charge is 0.475 e. The van der Waals surface area contributed by atoms with E-state index in [4.69, 9.17) is 20.9 Å². The average molecular weight is 263 g/mol. The molecule has 0 spiro atoms. The topological polar surface area (TPSA) is 47.6 Å². The van der Waals surface area contributed by atoms with E-state index in [1.165, 1.54) is 0 Å². The first-order valence-corrected chi connectivity index (χ1v) is 6.04. The van der Waals surface area contributed by atoms with Crippen molar-refractivity contribution in [2.24, 2.45) is 4.99 Å². The van der Waals surface area contributed by atoms with E-state index >= 15 is 0 Å². The fraction of sp³-hybridized carbons (Fsp3) is 0.231. The molecule has 1 aromatic carbocycles. The molecule has 0 amide bonds. The van der Waals surface area contributed by atoms with Gasteiger partial charge in [0.1, 0.15) is 23.6 Å². The second-order valence-corrected chi connectivity index (χ2v) is 4.38. The van der Waals surface area contributed by atoms with Crippen molar-refractivity contribution < 1.29 is 9.26 Å². The van der Waals surface area contributed by atoms with Gasteiger partial charge in [0.05, 0.1) is 11.6 Å². The second-order valence-electron chi connectivity index (χ2n) is 3.98. The molecule has 0 bridgehead atoms. The number of halogens is 1. The van der Waals surface area contributed by atoms with Gasteiger partial charge in [0.15, 0.2) is 0 Å². The van der Waals surface area contributed by atoms with Crippen molar-refractivity contribution in [3.8, 4) is 11.3 Å². The Balaban J connectivity index is 2.16. The van der Waals surface area contributed by atoms with Crippen molar-refractivity contribution in [1.82, 2.24) is 5.16 Å². The standard InChI is InChI=1S/C13H11ClN2O2/c1-8-11(13-15-6-7-17-13)12(16-18-8)9-4-2-3-5-10(9)14/h2-5H,6-7H2,1H3. The third-order valence-corrected chi connectivity index (χ3v) is 3.12. The summed E-state index contributed by atoms with van der Waals surface area (Å²) in [6.07, 6.45) is 0. The Labute approximate surface area is 109 Å². The van der Waals surface area contributed by atoms with Crippen molar-refractivity contribution in [2.45, 2.75) is 6.92 Å². The first-order valence-electron chi connectivity index (χ1n) is 5.66. The van der Waals surface area contributed by atoms with Crippen LogP contribution < -0.4 is 0 Å². The molecule has 0 fully saturated rings. The summed E-state index contributed by atoms with van der Waals surface area (Å²) in [5.41, 5.74) is 2.29. The van der Waals surface area contributed by atoms with Gasteiger partial charge in [-0.1, -0.05) is 35.0 Å². The molecule has 1 aliphatic heterocycles. The summed E-state index contributed by atoms with van der Waals surface area (Å²) in [5, 5.41) is 4.70. The fourth-order valence-corrected chi connectivity index (χ4v) is 2.17. The highest BCUT2D eigenvalue weighted by molar-refractivity contribution is 6.33. The smallest absolute Gasteiger partial charge is 0.222 e. The van der Waals surface area contributed by atoms with Gasteiger partial charge < -0.3 is 9.26 Å². The molecule has 1 aliphatic rings. The van der Waals surface area contributed by atoms with Crippen LogP contribution in [0.5, 0.6) is 0 Å². The van der Waals surface area contributed by atoms with Crippen LogP contribution in [0, 0.1) is 6.92 Å². The summed E-state index contributed by atoms with van der Waals surface area (Å²) in [7, 11) is 0. The molecule has 5 heteroatoms. The molecule has 0 radical (unpaired) electrons. The maximum atomic E-state index is 6.18. The van der Waals surface area contributed by atoms with Gasteiger partial charge >= 0.3 is 0 Å². The van der Waals surface area contributed by atoms with Crippen LogP contribution in [0.2, 0.25) is 5.02 Å². The zero-order valence-electron chi connectivity index (χ0n) is 9.81. The van der Waals surface area contributed by atoms with Crippen molar-refractivity contribution in [1.29, 1.82) is 0 Å². The number of aromatic nitrogens is 1. The summed E-state index contributed by atoms with van der Waals surface area (Å²) in [4.78, 5) is 4.31. The summed E-state index contributed by atoms with van der Waals surface area (Å²) >= 11 is 6.18. The van der Waals surface area contributed by atoms with Gasteiger partial charge in [0, 0.05) is 5.56 Å². The third kappa shape index (κ3) is 1.78.